The van der Waals surface area contributed by atoms with Crippen LogP contribution in [0, 0.1) is 23.2 Å². The van der Waals surface area contributed by atoms with Crippen molar-refractivity contribution in [1.29, 1.82) is 5.26 Å². The summed E-state index contributed by atoms with van der Waals surface area (Å²) in [5.74, 6) is 1.41. The van der Waals surface area contributed by atoms with E-state index in [0.29, 0.717) is 62.2 Å². The Balaban J connectivity index is 1.57. The second-order valence-corrected chi connectivity index (χ2v) is 9.00. The van der Waals surface area contributed by atoms with Gasteiger partial charge in [-0.25, -0.2) is 9.78 Å². The standard InChI is InChI=1S/C22H29N5O2/c1-16(2)14-27-21(29)26(15-17-5-3-6-17)20(28)22(27)8-11-25(12-9-22)19-18(13-23)7-4-10-24-19/h4,7,10,16-17H,3,5-6,8-9,11-12,14-15H2,1-2H3. The van der Waals surface area contributed by atoms with Gasteiger partial charge in [-0.15, -0.1) is 0 Å². The van der Waals surface area contributed by atoms with Crippen molar-refractivity contribution in [3.8, 4) is 6.07 Å². The molecule has 2 saturated heterocycles. The van der Waals surface area contributed by atoms with Crippen molar-refractivity contribution in [3.05, 3.63) is 23.9 Å². The third kappa shape index (κ3) is 3.35. The van der Waals surface area contributed by atoms with Gasteiger partial charge in [-0.05, 0) is 49.7 Å². The summed E-state index contributed by atoms with van der Waals surface area (Å²) in [6.45, 7) is 6.55. The quantitative estimate of drug-likeness (QED) is 0.716. The minimum absolute atomic E-state index is 0.0174. The number of urea groups is 1. The second-order valence-electron chi connectivity index (χ2n) is 9.00. The Morgan fingerprint density at radius 1 is 1.28 bits per heavy atom. The lowest BCUT2D eigenvalue weighted by Gasteiger charge is -2.43. The van der Waals surface area contributed by atoms with Crippen LogP contribution in [0.25, 0.3) is 0 Å². The Bertz CT molecular complexity index is 834. The van der Waals surface area contributed by atoms with Gasteiger partial charge < -0.3 is 9.80 Å². The molecule has 0 N–H and O–H groups in total. The number of pyridine rings is 1. The maximum Gasteiger partial charge on any atom is 0.327 e. The van der Waals surface area contributed by atoms with E-state index in [1.165, 1.54) is 11.3 Å². The van der Waals surface area contributed by atoms with E-state index in [1.807, 2.05) is 4.90 Å². The number of nitriles is 1. The van der Waals surface area contributed by atoms with E-state index in [1.54, 1.807) is 18.3 Å². The van der Waals surface area contributed by atoms with Crippen molar-refractivity contribution in [1.82, 2.24) is 14.8 Å². The van der Waals surface area contributed by atoms with E-state index in [0.717, 1.165) is 12.8 Å². The number of nitrogens with zero attached hydrogens (tertiary/aromatic N) is 5. The van der Waals surface area contributed by atoms with Crippen LogP contribution >= 0.6 is 0 Å². The molecule has 1 aromatic heterocycles. The van der Waals surface area contributed by atoms with Gasteiger partial charge in [-0.2, -0.15) is 5.26 Å². The average molecular weight is 396 g/mol. The zero-order valence-corrected chi connectivity index (χ0v) is 17.3. The van der Waals surface area contributed by atoms with Crippen molar-refractivity contribution < 1.29 is 9.59 Å². The first-order chi connectivity index (χ1) is 14.0. The van der Waals surface area contributed by atoms with Crippen LogP contribution < -0.4 is 4.90 Å². The fourth-order valence-electron chi connectivity index (χ4n) is 4.80. The first kappa shape index (κ1) is 19.7. The van der Waals surface area contributed by atoms with E-state index in [9.17, 15) is 14.9 Å². The smallest absolute Gasteiger partial charge is 0.327 e. The maximum absolute atomic E-state index is 13.5. The lowest BCUT2D eigenvalue weighted by molar-refractivity contribution is -0.135. The predicted octanol–water partition coefficient (Wildman–Crippen LogP) is 3.01. The molecule has 3 heterocycles. The molecule has 154 valence electrons. The van der Waals surface area contributed by atoms with Crippen LogP contribution in [0.15, 0.2) is 18.3 Å². The third-order valence-corrected chi connectivity index (χ3v) is 6.63. The van der Waals surface area contributed by atoms with Crippen LogP contribution in [-0.2, 0) is 4.79 Å². The highest BCUT2D eigenvalue weighted by molar-refractivity contribution is 6.07. The predicted molar refractivity (Wildman–Crippen MR) is 109 cm³/mol. The van der Waals surface area contributed by atoms with Crippen LogP contribution in [0.3, 0.4) is 0 Å². The van der Waals surface area contributed by atoms with Gasteiger partial charge in [0.1, 0.15) is 17.4 Å². The summed E-state index contributed by atoms with van der Waals surface area (Å²) in [5, 5.41) is 9.39. The minimum Gasteiger partial charge on any atom is -0.355 e. The lowest BCUT2D eigenvalue weighted by Crippen LogP contribution is -2.57. The lowest BCUT2D eigenvalue weighted by atomic mass is 9.83. The molecule has 7 nitrogen and oxygen atoms in total. The molecule has 3 amide bonds. The van der Waals surface area contributed by atoms with Gasteiger partial charge >= 0.3 is 6.03 Å². The normalized spacial score (nSPS) is 21.8. The Kier molecular flexibility index (Phi) is 5.20. The van der Waals surface area contributed by atoms with Crippen molar-refractivity contribution in [2.75, 3.05) is 31.1 Å². The summed E-state index contributed by atoms with van der Waals surface area (Å²) in [6.07, 6.45) is 6.26. The first-order valence-electron chi connectivity index (χ1n) is 10.7. The Morgan fingerprint density at radius 2 is 2.00 bits per heavy atom. The summed E-state index contributed by atoms with van der Waals surface area (Å²) in [7, 11) is 0. The summed E-state index contributed by atoms with van der Waals surface area (Å²) < 4.78 is 0. The Labute approximate surface area is 172 Å². The number of carbonyl (C=O) groups is 2. The number of piperidine rings is 1. The van der Waals surface area contributed by atoms with E-state index in [2.05, 4.69) is 29.8 Å². The zero-order valence-electron chi connectivity index (χ0n) is 17.3. The number of aromatic nitrogens is 1. The fourth-order valence-corrected chi connectivity index (χ4v) is 4.80. The van der Waals surface area contributed by atoms with E-state index < -0.39 is 5.54 Å². The summed E-state index contributed by atoms with van der Waals surface area (Å²) in [5.41, 5.74) is -0.202. The van der Waals surface area contributed by atoms with Gasteiger partial charge in [-0.3, -0.25) is 9.69 Å². The maximum atomic E-state index is 13.5. The average Bonchev–Trinajstić information content (AvgIpc) is 2.87. The van der Waals surface area contributed by atoms with E-state index >= 15 is 0 Å². The molecule has 1 aromatic rings. The van der Waals surface area contributed by atoms with Crippen LogP contribution in [0.4, 0.5) is 10.6 Å². The molecular weight excluding hydrogens is 366 g/mol. The van der Waals surface area contributed by atoms with Crippen LogP contribution in [0.1, 0.15) is 51.5 Å². The Hall–Kier alpha value is -2.62. The van der Waals surface area contributed by atoms with Gasteiger partial charge in [0.15, 0.2) is 0 Å². The highest BCUT2D eigenvalue weighted by atomic mass is 16.2. The molecule has 0 bridgehead atoms. The molecule has 1 aliphatic carbocycles. The zero-order chi connectivity index (χ0) is 20.6. The van der Waals surface area contributed by atoms with Gasteiger partial charge in [0.25, 0.3) is 5.91 Å². The number of imide groups is 1. The molecule has 0 radical (unpaired) electrons. The molecule has 3 aliphatic rings. The number of anilines is 1. The highest BCUT2D eigenvalue weighted by Gasteiger charge is 2.58. The summed E-state index contributed by atoms with van der Waals surface area (Å²) in [4.78, 5) is 36.6. The van der Waals surface area contributed by atoms with Crippen LogP contribution in [0.2, 0.25) is 0 Å². The Morgan fingerprint density at radius 3 is 2.59 bits per heavy atom. The number of hydrogen-bond donors (Lipinski definition) is 0. The van der Waals surface area contributed by atoms with E-state index in [-0.39, 0.29) is 11.9 Å². The molecule has 0 aromatic carbocycles. The second kappa shape index (κ2) is 7.66. The highest BCUT2D eigenvalue weighted by Crippen LogP contribution is 2.40. The number of carbonyl (C=O) groups excluding carboxylic acids is 2. The molecule has 1 saturated carbocycles. The topological polar surface area (TPSA) is 80.5 Å². The van der Waals surface area contributed by atoms with Gasteiger partial charge in [-0.1, -0.05) is 20.3 Å². The largest absolute Gasteiger partial charge is 0.355 e. The van der Waals surface area contributed by atoms with Crippen molar-refractivity contribution in [2.45, 2.75) is 51.5 Å². The van der Waals surface area contributed by atoms with Gasteiger partial charge in [0.05, 0.1) is 5.56 Å². The van der Waals surface area contributed by atoms with Crippen LogP contribution in [0.5, 0.6) is 0 Å². The first-order valence-corrected chi connectivity index (χ1v) is 10.7. The molecule has 2 aliphatic heterocycles. The molecule has 29 heavy (non-hydrogen) atoms. The van der Waals surface area contributed by atoms with Crippen molar-refractivity contribution >= 4 is 17.8 Å². The molecule has 7 heteroatoms. The molecular formula is C22H29N5O2. The third-order valence-electron chi connectivity index (χ3n) is 6.63. The minimum atomic E-state index is -0.747. The monoisotopic (exact) mass is 395 g/mol. The number of hydrogen-bond acceptors (Lipinski definition) is 5. The molecule has 3 fully saturated rings. The molecule has 4 rings (SSSR count). The summed E-state index contributed by atoms with van der Waals surface area (Å²) >= 11 is 0. The van der Waals surface area contributed by atoms with Gasteiger partial charge in [0, 0.05) is 32.4 Å². The van der Waals surface area contributed by atoms with Gasteiger partial charge in [0.2, 0.25) is 0 Å². The summed E-state index contributed by atoms with van der Waals surface area (Å²) in [6, 6.07) is 5.62. The molecule has 0 unspecified atom stereocenters. The fraction of sp³-hybridized carbons (Fsp3) is 0.636. The molecule has 1 spiro atoms. The number of rotatable bonds is 5. The van der Waals surface area contributed by atoms with E-state index in [4.69, 9.17) is 0 Å². The van der Waals surface area contributed by atoms with Crippen molar-refractivity contribution in [3.63, 3.8) is 0 Å². The van der Waals surface area contributed by atoms with Crippen molar-refractivity contribution in [2.24, 2.45) is 11.8 Å². The molecule has 0 atom stereocenters. The SMILES string of the molecule is CC(C)CN1C(=O)N(CC2CCC2)C(=O)C12CCN(c1ncccc1C#N)CC2. The van der Waals surface area contributed by atoms with Crippen LogP contribution in [-0.4, -0.2) is 58.4 Å². The number of amides is 3.